The van der Waals surface area contributed by atoms with Crippen LogP contribution in [0.5, 0.6) is 0 Å². The van der Waals surface area contributed by atoms with E-state index >= 15 is 0 Å². The molecule has 0 aliphatic carbocycles. The molecule has 6 heteroatoms. The number of hydrogen-bond donors (Lipinski definition) is 0. The predicted molar refractivity (Wildman–Crippen MR) is 85.4 cm³/mol. The minimum atomic E-state index is -0.266. The van der Waals surface area contributed by atoms with Crippen molar-refractivity contribution < 1.29 is 9.66 Å². The first-order valence-corrected chi connectivity index (χ1v) is 7.93. The molecule has 120 valence electrons. The summed E-state index contributed by atoms with van der Waals surface area (Å²) in [5.41, 5.74) is 1.92. The second-order valence-electron chi connectivity index (χ2n) is 6.26. The van der Waals surface area contributed by atoms with Crippen molar-refractivity contribution in [3.8, 4) is 0 Å². The Hall–Kier alpha value is -1.66. The summed E-state index contributed by atoms with van der Waals surface area (Å²) in [6.07, 6.45) is 1.10. The molecule has 0 amide bonds. The van der Waals surface area contributed by atoms with E-state index in [1.54, 1.807) is 6.07 Å². The summed E-state index contributed by atoms with van der Waals surface area (Å²) in [7, 11) is 0. The maximum absolute atomic E-state index is 11.3. The Balaban J connectivity index is 1.66. The smallest absolute Gasteiger partial charge is 0.292 e. The van der Waals surface area contributed by atoms with Crippen molar-refractivity contribution in [3.63, 3.8) is 0 Å². The van der Waals surface area contributed by atoms with Crippen LogP contribution in [0, 0.1) is 23.0 Å². The first-order valence-electron chi connectivity index (χ1n) is 7.93. The molecule has 2 fully saturated rings. The van der Waals surface area contributed by atoms with Gasteiger partial charge < -0.3 is 9.64 Å². The number of ether oxygens (including phenoxy) is 1. The van der Waals surface area contributed by atoms with Crippen LogP contribution >= 0.6 is 0 Å². The lowest BCUT2D eigenvalue weighted by Crippen LogP contribution is -2.39. The Morgan fingerprint density at radius 2 is 2.09 bits per heavy atom. The Morgan fingerprint density at radius 1 is 1.32 bits per heavy atom. The van der Waals surface area contributed by atoms with Crippen molar-refractivity contribution >= 4 is 11.4 Å². The number of anilines is 1. The number of nitro benzene ring substituents is 1. The molecule has 0 N–H and O–H groups in total. The van der Waals surface area contributed by atoms with Crippen LogP contribution < -0.4 is 4.90 Å². The maximum atomic E-state index is 11.3. The van der Waals surface area contributed by atoms with Crippen LogP contribution in [-0.2, 0) is 4.74 Å². The molecule has 2 heterocycles. The van der Waals surface area contributed by atoms with Gasteiger partial charge in [-0.1, -0.05) is 6.07 Å². The lowest BCUT2D eigenvalue weighted by Gasteiger charge is -2.29. The third kappa shape index (κ3) is 3.39. The molecule has 1 atom stereocenters. The Bertz CT molecular complexity index is 543. The summed E-state index contributed by atoms with van der Waals surface area (Å²) < 4.78 is 5.38. The second-order valence-corrected chi connectivity index (χ2v) is 6.26. The van der Waals surface area contributed by atoms with E-state index in [2.05, 4.69) is 9.80 Å². The highest BCUT2D eigenvalue weighted by Crippen LogP contribution is 2.33. The predicted octanol–water partition coefficient (Wildman–Crippen LogP) is 2.06. The molecule has 0 radical (unpaired) electrons. The van der Waals surface area contributed by atoms with E-state index in [1.165, 1.54) is 0 Å². The first kappa shape index (κ1) is 15.2. The minimum Gasteiger partial charge on any atom is -0.379 e. The summed E-state index contributed by atoms with van der Waals surface area (Å²) in [4.78, 5) is 15.6. The Labute approximate surface area is 130 Å². The normalized spacial score (nSPS) is 23.0. The fourth-order valence-electron chi connectivity index (χ4n) is 3.40. The number of nitro groups is 1. The fraction of sp³-hybridized carbons (Fsp3) is 0.625. The molecule has 0 saturated carbocycles. The summed E-state index contributed by atoms with van der Waals surface area (Å²) in [5, 5.41) is 11.3. The SMILES string of the molecule is Cc1ccc(N2CCC(CN3CCOCC3)C2)c([N+](=O)[O-])c1. The third-order valence-electron chi connectivity index (χ3n) is 4.57. The van der Waals surface area contributed by atoms with Crippen LogP contribution in [0.25, 0.3) is 0 Å². The molecule has 22 heavy (non-hydrogen) atoms. The molecule has 1 aromatic carbocycles. The van der Waals surface area contributed by atoms with E-state index in [4.69, 9.17) is 4.74 Å². The molecule has 2 aliphatic rings. The maximum Gasteiger partial charge on any atom is 0.292 e. The zero-order valence-electron chi connectivity index (χ0n) is 13.0. The highest BCUT2D eigenvalue weighted by molar-refractivity contribution is 5.64. The third-order valence-corrected chi connectivity index (χ3v) is 4.57. The topological polar surface area (TPSA) is 58.8 Å². The highest BCUT2D eigenvalue weighted by atomic mass is 16.6. The quantitative estimate of drug-likeness (QED) is 0.629. The van der Waals surface area contributed by atoms with Gasteiger partial charge in [0, 0.05) is 38.8 Å². The standard InChI is InChI=1S/C16H23N3O3/c1-13-2-3-15(16(10-13)19(20)21)18-5-4-14(12-18)11-17-6-8-22-9-7-17/h2-3,10,14H,4-9,11-12H2,1H3. The van der Waals surface area contributed by atoms with Crippen molar-refractivity contribution in [2.75, 3.05) is 50.8 Å². The van der Waals surface area contributed by atoms with Crippen molar-refractivity contribution in [1.82, 2.24) is 4.90 Å². The number of aryl methyl sites for hydroxylation is 1. The van der Waals surface area contributed by atoms with E-state index < -0.39 is 0 Å². The van der Waals surface area contributed by atoms with Crippen LogP contribution in [0.1, 0.15) is 12.0 Å². The van der Waals surface area contributed by atoms with Crippen LogP contribution in [0.4, 0.5) is 11.4 Å². The highest BCUT2D eigenvalue weighted by Gasteiger charge is 2.29. The summed E-state index contributed by atoms with van der Waals surface area (Å²) >= 11 is 0. The molecular weight excluding hydrogens is 282 g/mol. The molecule has 3 rings (SSSR count). The monoisotopic (exact) mass is 305 g/mol. The average Bonchev–Trinajstić information content (AvgIpc) is 2.96. The Kier molecular flexibility index (Phi) is 4.59. The van der Waals surface area contributed by atoms with Gasteiger partial charge in [0.2, 0.25) is 0 Å². The van der Waals surface area contributed by atoms with Gasteiger partial charge in [-0.25, -0.2) is 0 Å². The first-order chi connectivity index (χ1) is 10.6. The molecular formula is C16H23N3O3. The molecule has 2 saturated heterocycles. The van der Waals surface area contributed by atoms with Crippen molar-refractivity contribution in [2.45, 2.75) is 13.3 Å². The minimum absolute atomic E-state index is 0.229. The molecule has 6 nitrogen and oxygen atoms in total. The van der Waals surface area contributed by atoms with Gasteiger partial charge in [-0.15, -0.1) is 0 Å². The van der Waals surface area contributed by atoms with Gasteiger partial charge in [-0.05, 0) is 30.9 Å². The van der Waals surface area contributed by atoms with E-state index in [9.17, 15) is 10.1 Å². The van der Waals surface area contributed by atoms with Crippen LogP contribution in [-0.4, -0.2) is 55.8 Å². The van der Waals surface area contributed by atoms with Gasteiger partial charge in [0.1, 0.15) is 5.69 Å². The van der Waals surface area contributed by atoms with Gasteiger partial charge in [0.15, 0.2) is 0 Å². The number of morpholine rings is 1. The Morgan fingerprint density at radius 3 is 2.82 bits per heavy atom. The van der Waals surface area contributed by atoms with Gasteiger partial charge in [0.25, 0.3) is 5.69 Å². The van der Waals surface area contributed by atoms with E-state index in [0.29, 0.717) is 5.92 Å². The number of rotatable bonds is 4. The van der Waals surface area contributed by atoms with Gasteiger partial charge >= 0.3 is 0 Å². The van der Waals surface area contributed by atoms with E-state index in [1.807, 2.05) is 19.1 Å². The molecule has 1 unspecified atom stereocenters. The molecule has 2 aliphatic heterocycles. The van der Waals surface area contributed by atoms with Crippen molar-refractivity contribution in [2.24, 2.45) is 5.92 Å². The van der Waals surface area contributed by atoms with Crippen molar-refractivity contribution in [3.05, 3.63) is 33.9 Å². The van der Waals surface area contributed by atoms with Crippen LogP contribution in [0.2, 0.25) is 0 Å². The number of benzene rings is 1. The summed E-state index contributed by atoms with van der Waals surface area (Å²) in [6, 6.07) is 5.52. The van der Waals surface area contributed by atoms with Gasteiger partial charge in [-0.2, -0.15) is 0 Å². The molecule has 0 spiro atoms. The number of nitrogens with zero attached hydrogens (tertiary/aromatic N) is 3. The average molecular weight is 305 g/mol. The molecule has 0 aromatic heterocycles. The zero-order valence-corrected chi connectivity index (χ0v) is 13.0. The molecule has 0 bridgehead atoms. The molecule has 1 aromatic rings. The van der Waals surface area contributed by atoms with Gasteiger partial charge in [0.05, 0.1) is 18.1 Å². The van der Waals surface area contributed by atoms with Crippen LogP contribution in [0.3, 0.4) is 0 Å². The lowest BCUT2D eigenvalue weighted by molar-refractivity contribution is -0.384. The summed E-state index contributed by atoms with van der Waals surface area (Å²) in [6.45, 7) is 8.41. The van der Waals surface area contributed by atoms with Gasteiger partial charge in [-0.3, -0.25) is 15.0 Å². The van der Waals surface area contributed by atoms with E-state index in [-0.39, 0.29) is 10.6 Å². The zero-order chi connectivity index (χ0) is 15.5. The number of hydrogen-bond acceptors (Lipinski definition) is 5. The largest absolute Gasteiger partial charge is 0.379 e. The van der Waals surface area contributed by atoms with Crippen LogP contribution in [0.15, 0.2) is 18.2 Å². The second kappa shape index (κ2) is 6.62. The van der Waals surface area contributed by atoms with E-state index in [0.717, 1.165) is 63.6 Å². The lowest BCUT2D eigenvalue weighted by atomic mass is 10.1. The van der Waals surface area contributed by atoms with Crippen molar-refractivity contribution in [1.29, 1.82) is 0 Å². The summed E-state index contributed by atoms with van der Waals surface area (Å²) in [5.74, 6) is 0.582. The fourth-order valence-corrected chi connectivity index (χ4v) is 3.40.